The molecule has 33 heavy (non-hydrogen) atoms. The van der Waals surface area contributed by atoms with Crippen molar-refractivity contribution in [2.24, 2.45) is 0 Å². The van der Waals surface area contributed by atoms with Crippen LogP contribution in [0.4, 0.5) is 5.69 Å². The zero-order valence-corrected chi connectivity index (χ0v) is 18.6. The predicted octanol–water partition coefficient (Wildman–Crippen LogP) is 3.61. The fraction of sp³-hybridized carbons (Fsp3) is 0.269. The van der Waals surface area contributed by atoms with Crippen LogP contribution in [0.15, 0.2) is 54.7 Å². The summed E-state index contributed by atoms with van der Waals surface area (Å²) in [5.74, 6) is 0.632. The van der Waals surface area contributed by atoms with Crippen LogP contribution in [0.1, 0.15) is 29.0 Å². The number of nitrogens with zero attached hydrogens (tertiary/aromatic N) is 1. The molecule has 3 aromatic rings. The van der Waals surface area contributed by atoms with E-state index in [1.165, 1.54) is 0 Å². The van der Waals surface area contributed by atoms with Gasteiger partial charge in [0.25, 0.3) is 0 Å². The van der Waals surface area contributed by atoms with Gasteiger partial charge in [-0.3, -0.25) is 14.6 Å². The molecule has 2 aromatic carbocycles. The molecule has 0 unspecified atom stereocenters. The first-order valence-corrected chi connectivity index (χ1v) is 11.0. The summed E-state index contributed by atoms with van der Waals surface area (Å²) in [6.07, 6.45) is 2.41. The lowest BCUT2D eigenvalue weighted by Crippen LogP contribution is -2.35. The number of ether oxygens (including phenoxy) is 2. The van der Waals surface area contributed by atoms with Crippen molar-refractivity contribution in [3.8, 4) is 22.8 Å². The quantitative estimate of drug-likeness (QED) is 0.608. The smallest absolute Gasteiger partial charge is 0.232 e. The van der Waals surface area contributed by atoms with Gasteiger partial charge in [0.2, 0.25) is 11.8 Å². The standard InChI is InChI=1S/C26H25N3O4/c1-15-5-4-10-27-24(15)20-7-3-6-16-11-18(33-25(16)20)14-28-23(30)13-21-19-9-8-17(32-2)12-22(19)29-26(21)31/h3-10,12,18,21H,11,13-14H2,1-2H3,(H,28,30)(H,29,31)/t18-,21-/m1/s1. The second-order valence-corrected chi connectivity index (χ2v) is 8.41. The molecule has 2 aliphatic rings. The maximum atomic E-state index is 12.7. The highest BCUT2D eigenvalue weighted by molar-refractivity contribution is 6.05. The van der Waals surface area contributed by atoms with Gasteiger partial charge in [0.15, 0.2) is 0 Å². The Morgan fingerprint density at radius 3 is 2.94 bits per heavy atom. The SMILES string of the molecule is COc1ccc2c(c1)NC(=O)[C@@H]2CC(=O)NC[C@H]1Cc2cccc(-c3ncccc3C)c2O1. The van der Waals surface area contributed by atoms with Crippen molar-refractivity contribution in [2.75, 3.05) is 19.0 Å². The van der Waals surface area contributed by atoms with Crippen molar-refractivity contribution in [3.05, 3.63) is 71.4 Å². The fourth-order valence-electron chi connectivity index (χ4n) is 4.53. The molecule has 7 nitrogen and oxygen atoms in total. The Hall–Kier alpha value is -3.87. The Morgan fingerprint density at radius 1 is 1.24 bits per heavy atom. The number of methoxy groups -OCH3 is 1. The molecular formula is C26H25N3O4. The van der Waals surface area contributed by atoms with Crippen molar-refractivity contribution in [1.82, 2.24) is 10.3 Å². The number of rotatable bonds is 6. The number of benzene rings is 2. The molecule has 7 heteroatoms. The molecule has 5 rings (SSSR count). The highest BCUT2D eigenvalue weighted by Gasteiger charge is 2.33. The minimum Gasteiger partial charge on any atom is -0.497 e. The molecule has 0 fully saturated rings. The normalized spacial score (nSPS) is 18.2. The molecular weight excluding hydrogens is 418 g/mol. The molecule has 2 amide bonds. The van der Waals surface area contributed by atoms with E-state index in [4.69, 9.17) is 9.47 Å². The fourth-order valence-corrected chi connectivity index (χ4v) is 4.53. The van der Waals surface area contributed by atoms with Crippen LogP contribution in [0.3, 0.4) is 0 Å². The zero-order chi connectivity index (χ0) is 22.9. The van der Waals surface area contributed by atoms with Crippen molar-refractivity contribution in [3.63, 3.8) is 0 Å². The second kappa shape index (κ2) is 8.58. The molecule has 0 saturated carbocycles. The third-order valence-electron chi connectivity index (χ3n) is 6.22. The second-order valence-electron chi connectivity index (χ2n) is 8.41. The van der Waals surface area contributed by atoms with E-state index in [2.05, 4.69) is 15.6 Å². The average Bonchev–Trinajstić information content (AvgIpc) is 3.38. The number of nitrogens with one attached hydrogen (secondary N) is 2. The summed E-state index contributed by atoms with van der Waals surface area (Å²) < 4.78 is 11.4. The number of hydrogen-bond donors (Lipinski definition) is 2. The van der Waals surface area contributed by atoms with Crippen LogP contribution >= 0.6 is 0 Å². The van der Waals surface area contributed by atoms with Gasteiger partial charge >= 0.3 is 0 Å². The average molecular weight is 444 g/mol. The minimum atomic E-state index is -0.508. The molecule has 3 heterocycles. The molecule has 168 valence electrons. The van der Waals surface area contributed by atoms with Crippen LogP contribution in [0.25, 0.3) is 11.3 Å². The van der Waals surface area contributed by atoms with Crippen LogP contribution in [-0.2, 0) is 16.0 Å². The molecule has 0 aliphatic carbocycles. The Morgan fingerprint density at radius 2 is 2.12 bits per heavy atom. The number of hydrogen-bond acceptors (Lipinski definition) is 5. The number of amides is 2. The van der Waals surface area contributed by atoms with Crippen molar-refractivity contribution in [2.45, 2.75) is 31.8 Å². The Kier molecular flexibility index (Phi) is 5.46. The van der Waals surface area contributed by atoms with E-state index < -0.39 is 5.92 Å². The van der Waals surface area contributed by atoms with Gasteiger partial charge in [-0.1, -0.05) is 24.3 Å². The number of aryl methyl sites for hydroxylation is 1. The summed E-state index contributed by atoms with van der Waals surface area (Å²) in [5, 5.41) is 5.78. The number of para-hydroxylation sites is 1. The maximum absolute atomic E-state index is 12.7. The number of anilines is 1. The Balaban J connectivity index is 1.22. The number of carbonyl (C=O) groups is 2. The third kappa shape index (κ3) is 4.02. The predicted molar refractivity (Wildman–Crippen MR) is 125 cm³/mol. The van der Waals surface area contributed by atoms with Crippen LogP contribution < -0.4 is 20.1 Å². The lowest BCUT2D eigenvalue weighted by Gasteiger charge is -2.15. The maximum Gasteiger partial charge on any atom is 0.232 e. The van der Waals surface area contributed by atoms with Gasteiger partial charge in [-0.25, -0.2) is 0 Å². The van der Waals surface area contributed by atoms with E-state index in [0.29, 0.717) is 24.4 Å². The molecule has 1 aromatic heterocycles. The molecule has 0 saturated heterocycles. The van der Waals surface area contributed by atoms with Gasteiger partial charge in [-0.05, 0) is 41.8 Å². The van der Waals surface area contributed by atoms with E-state index in [0.717, 1.165) is 33.7 Å². The first-order valence-electron chi connectivity index (χ1n) is 11.0. The van der Waals surface area contributed by atoms with Crippen LogP contribution in [0, 0.1) is 6.92 Å². The molecule has 0 bridgehead atoms. The van der Waals surface area contributed by atoms with Gasteiger partial charge in [0.05, 0.1) is 25.3 Å². The topological polar surface area (TPSA) is 89.5 Å². The summed E-state index contributed by atoms with van der Waals surface area (Å²) in [5.41, 5.74) is 5.57. The summed E-state index contributed by atoms with van der Waals surface area (Å²) >= 11 is 0. The first kappa shape index (κ1) is 21.0. The highest BCUT2D eigenvalue weighted by Crippen LogP contribution is 2.39. The Labute approximate surface area is 192 Å². The van der Waals surface area contributed by atoms with Gasteiger partial charge in [0, 0.05) is 36.4 Å². The van der Waals surface area contributed by atoms with Gasteiger partial charge < -0.3 is 20.1 Å². The van der Waals surface area contributed by atoms with Crippen LogP contribution in [0.5, 0.6) is 11.5 Å². The number of pyridine rings is 1. The number of carbonyl (C=O) groups excluding carboxylic acids is 2. The summed E-state index contributed by atoms with van der Waals surface area (Å²) in [6.45, 7) is 2.40. The van der Waals surface area contributed by atoms with Crippen molar-refractivity contribution in [1.29, 1.82) is 0 Å². The number of aromatic nitrogens is 1. The van der Waals surface area contributed by atoms with E-state index in [-0.39, 0.29) is 24.3 Å². The van der Waals surface area contributed by atoms with Crippen molar-refractivity contribution >= 4 is 17.5 Å². The first-order chi connectivity index (χ1) is 16.0. The highest BCUT2D eigenvalue weighted by atomic mass is 16.5. The van der Waals surface area contributed by atoms with Crippen molar-refractivity contribution < 1.29 is 19.1 Å². The lowest BCUT2D eigenvalue weighted by molar-refractivity contribution is -0.125. The van der Waals surface area contributed by atoms with E-state index in [9.17, 15) is 9.59 Å². The van der Waals surface area contributed by atoms with E-state index in [1.54, 1.807) is 25.4 Å². The van der Waals surface area contributed by atoms with E-state index in [1.807, 2.05) is 43.3 Å². The zero-order valence-electron chi connectivity index (χ0n) is 18.6. The van der Waals surface area contributed by atoms with E-state index >= 15 is 0 Å². The van der Waals surface area contributed by atoms with Gasteiger partial charge in [0.1, 0.15) is 17.6 Å². The third-order valence-corrected chi connectivity index (χ3v) is 6.22. The Bertz CT molecular complexity index is 1240. The lowest BCUT2D eigenvalue weighted by atomic mass is 9.96. The van der Waals surface area contributed by atoms with Gasteiger partial charge in [-0.15, -0.1) is 0 Å². The number of fused-ring (bicyclic) bond motifs is 2. The molecule has 2 aliphatic heterocycles. The largest absolute Gasteiger partial charge is 0.497 e. The molecule has 2 atom stereocenters. The van der Waals surface area contributed by atoms with Crippen LogP contribution in [0.2, 0.25) is 0 Å². The summed E-state index contributed by atoms with van der Waals surface area (Å²) in [6, 6.07) is 15.4. The molecule has 2 N–H and O–H groups in total. The minimum absolute atomic E-state index is 0.0865. The van der Waals surface area contributed by atoms with Gasteiger partial charge in [-0.2, -0.15) is 0 Å². The molecule has 0 radical (unpaired) electrons. The monoisotopic (exact) mass is 443 g/mol. The summed E-state index contributed by atoms with van der Waals surface area (Å²) in [7, 11) is 1.58. The summed E-state index contributed by atoms with van der Waals surface area (Å²) in [4.78, 5) is 29.6. The van der Waals surface area contributed by atoms with Crippen LogP contribution in [-0.4, -0.2) is 36.6 Å². The molecule has 0 spiro atoms.